The van der Waals surface area contributed by atoms with Crippen LogP contribution < -0.4 is 10.6 Å². The van der Waals surface area contributed by atoms with E-state index >= 15 is 0 Å². The van der Waals surface area contributed by atoms with Gasteiger partial charge in [-0.15, -0.1) is 0 Å². The molecule has 2 atom stereocenters. The summed E-state index contributed by atoms with van der Waals surface area (Å²) in [6.07, 6.45) is -8.85. The molecule has 1 saturated heterocycles. The lowest BCUT2D eigenvalue weighted by Gasteiger charge is -2.35. The quantitative estimate of drug-likeness (QED) is 0.842. The molecule has 21 heavy (non-hydrogen) atoms. The van der Waals surface area contributed by atoms with Crippen LogP contribution in [-0.2, 0) is 10.9 Å². The molecule has 0 saturated carbocycles. The van der Waals surface area contributed by atoms with E-state index in [1.54, 1.807) is 0 Å². The maximum Gasteiger partial charge on any atom is 0.417 e. The molecule has 118 valence electrons. The standard InChI is InChI=1S/C12H14F5N3O/c1-7-9(20-6-11(13,14)21-7)5-19-10-3-2-8(4-18-10)12(15,16)17/h2-4,7,9,20H,5-6H2,1H3,(H,18,19)/t7-,9+/m0/s1/i6D2. The molecule has 1 aliphatic heterocycles. The first kappa shape index (κ1) is 13.2. The first-order chi connectivity index (χ1) is 10.4. The van der Waals surface area contributed by atoms with E-state index in [1.165, 1.54) is 6.92 Å². The van der Waals surface area contributed by atoms with Gasteiger partial charge in [-0.1, -0.05) is 0 Å². The van der Waals surface area contributed by atoms with Crippen molar-refractivity contribution in [3.05, 3.63) is 23.9 Å². The molecule has 1 fully saturated rings. The highest BCUT2D eigenvalue weighted by molar-refractivity contribution is 5.36. The second-order valence-corrected chi connectivity index (χ2v) is 4.53. The smallest absolute Gasteiger partial charge is 0.368 e. The van der Waals surface area contributed by atoms with Gasteiger partial charge in [0, 0.05) is 12.7 Å². The number of nitrogens with zero attached hydrogens (tertiary/aromatic N) is 1. The Hall–Kier alpha value is -1.48. The number of anilines is 1. The van der Waals surface area contributed by atoms with Gasteiger partial charge in [0.2, 0.25) is 0 Å². The summed E-state index contributed by atoms with van der Waals surface area (Å²) in [6, 6.07) is 1.10. The number of alkyl halides is 5. The minimum absolute atomic E-state index is 0.0604. The van der Waals surface area contributed by atoms with Crippen LogP contribution in [0.4, 0.5) is 27.8 Å². The molecule has 2 heterocycles. The molecule has 1 aliphatic rings. The Morgan fingerprint density at radius 1 is 1.52 bits per heavy atom. The SMILES string of the molecule is [2H]C1([2H])N[C@H](CNc2ccc(C(F)(F)F)cn2)[C@H](C)OC1(F)F. The second kappa shape index (κ2) is 5.72. The Morgan fingerprint density at radius 2 is 2.24 bits per heavy atom. The molecule has 2 N–H and O–H groups in total. The first-order valence-corrected chi connectivity index (χ1v) is 6.03. The van der Waals surface area contributed by atoms with Gasteiger partial charge in [0.05, 0.1) is 26.9 Å². The molecular formula is C12H14F5N3O. The lowest BCUT2D eigenvalue weighted by atomic mass is 10.1. The summed E-state index contributed by atoms with van der Waals surface area (Å²) in [5.74, 6) is 0.102. The van der Waals surface area contributed by atoms with Crippen molar-refractivity contribution in [3.8, 4) is 0 Å². The second-order valence-electron chi connectivity index (χ2n) is 4.53. The minimum Gasteiger partial charge on any atom is -0.368 e. The highest BCUT2D eigenvalue weighted by atomic mass is 19.4. The number of nitrogens with one attached hydrogen (secondary N) is 2. The van der Waals surface area contributed by atoms with Crippen LogP contribution in [-0.4, -0.2) is 36.3 Å². The molecule has 1 aromatic heterocycles. The van der Waals surface area contributed by atoms with Crippen molar-refractivity contribution in [2.45, 2.75) is 31.4 Å². The number of hydrogen-bond acceptors (Lipinski definition) is 4. The summed E-state index contributed by atoms with van der Waals surface area (Å²) in [5.41, 5.74) is -0.911. The molecule has 1 aromatic rings. The number of aromatic nitrogens is 1. The highest BCUT2D eigenvalue weighted by Gasteiger charge is 2.40. The number of morpholine rings is 1. The number of rotatable bonds is 3. The number of hydrogen-bond donors (Lipinski definition) is 2. The summed E-state index contributed by atoms with van der Waals surface area (Å²) in [4.78, 5) is 3.58. The summed E-state index contributed by atoms with van der Waals surface area (Å²) in [5, 5.41) is 4.78. The van der Waals surface area contributed by atoms with Crippen LogP contribution in [0.5, 0.6) is 0 Å². The van der Waals surface area contributed by atoms with E-state index in [0.29, 0.717) is 6.20 Å². The fourth-order valence-corrected chi connectivity index (χ4v) is 1.74. The molecule has 0 aliphatic carbocycles. The van der Waals surface area contributed by atoms with E-state index in [2.05, 4.69) is 20.4 Å². The van der Waals surface area contributed by atoms with Gasteiger partial charge in [-0.05, 0) is 19.1 Å². The third-order valence-electron chi connectivity index (χ3n) is 2.90. The van der Waals surface area contributed by atoms with Crippen molar-refractivity contribution in [2.24, 2.45) is 0 Å². The van der Waals surface area contributed by atoms with Crippen LogP contribution in [0.3, 0.4) is 0 Å². The highest BCUT2D eigenvalue weighted by Crippen LogP contribution is 2.29. The average molecular weight is 313 g/mol. The zero-order valence-electron chi connectivity index (χ0n) is 12.8. The van der Waals surface area contributed by atoms with E-state index in [1.807, 2.05) is 0 Å². The largest absolute Gasteiger partial charge is 0.417 e. The summed E-state index contributed by atoms with van der Waals surface area (Å²) in [7, 11) is 0. The lowest BCUT2D eigenvalue weighted by molar-refractivity contribution is -0.278. The van der Waals surface area contributed by atoms with Crippen LogP contribution in [0.1, 0.15) is 15.2 Å². The fraction of sp³-hybridized carbons (Fsp3) is 0.583. The Bertz CT molecular complexity index is 553. The lowest BCUT2D eigenvalue weighted by Crippen LogP contribution is -2.57. The average Bonchev–Trinajstić information content (AvgIpc) is 2.40. The van der Waals surface area contributed by atoms with Gasteiger partial charge in [0.15, 0.2) is 0 Å². The maximum absolute atomic E-state index is 13.3. The molecule has 9 heteroatoms. The topological polar surface area (TPSA) is 46.2 Å². The van der Waals surface area contributed by atoms with Gasteiger partial charge in [-0.3, -0.25) is 0 Å². The Labute approximate surface area is 120 Å². The van der Waals surface area contributed by atoms with Gasteiger partial charge in [-0.2, -0.15) is 22.0 Å². The monoisotopic (exact) mass is 313 g/mol. The predicted molar refractivity (Wildman–Crippen MR) is 65.0 cm³/mol. The van der Waals surface area contributed by atoms with Crippen LogP contribution in [0, 0.1) is 0 Å². The fourth-order valence-electron chi connectivity index (χ4n) is 1.74. The third kappa shape index (κ3) is 4.24. The van der Waals surface area contributed by atoms with Crippen molar-refractivity contribution in [1.29, 1.82) is 0 Å². The van der Waals surface area contributed by atoms with E-state index < -0.39 is 36.5 Å². The Balaban J connectivity index is 1.98. The zero-order chi connectivity index (χ0) is 17.5. The summed E-state index contributed by atoms with van der Waals surface area (Å²) < 4.78 is 82.7. The molecule has 4 nitrogen and oxygen atoms in total. The number of halogens is 5. The van der Waals surface area contributed by atoms with Crippen LogP contribution in [0.15, 0.2) is 18.3 Å². The number of pyridine rings is 1. The predicted octanol–water partition coefficient (Wildman–Crippen LogP) is 2.48. The minimum atomic E-state index is -4.50. The molecule has 0 radical (unpaired) electrons. The Morgan fingerprint density at radius 3 is 2.81 bits per heavy atom. The van der Waals surface area contributed by atoms with Gasteiger partial charge in [0.25, 0.3) is 0 Å². The van der Waals surface area contributed by atoms with E-state index in [-0.39, 0.29) is 12.4 Å². The van der Waals surface area contributed by atoms with Crippen LogP contribution >= 0.6 is 0 Å². The van der Waals surface area contributed by atoms with Crippen molar-refractivity contribution in [3.63, 3.8) is 0 Å². The maximum atomic E-state index is 13.3. The molecule has 0 unspecified atom stereocenters. The Kier molecular flexibility index (Phi) is 3.60. The summed E-state index contributed by atoms with van der Waals surface area (Å²) >= 11 is 0. The van der Waals surface area contributed by atoms with Gasteiger partial charge in [0.1, 0.15) is 5.82 Å². The van der Waals surface area contributed by atoms with Gasteiger partial charge >= 0.3 is 12.3 Å². The van der Waals surface area contributed by atoms with Gasteiger partial charge in [-0.25, -0.2) is 4.98 Å². The van der Waals surface area contributed by atoms with Gasteiger partial charge < -0.3 is 15.4 Å². The molecule has 0 amide bonds. The van der Waals surface area contributed by atoms with E-state index in [0.717, 1.165) is 12.1 Å². The molecule has 0 aromatic carbocycles. The molecule has 0 spiro atoms. The normalized spacial score (nSPS) is 29.4. The molecule has 0 bridgehead atoms. The van der Waals surface area contributed by atoms with Crippen molar-refractivity contribution >= 4 is 5.82 Å². The zero-order valence-corrected chi connectivity index (χ0v) is 10.8. The summed E-state index contributed by atoms with van der Waals surface area (Å²) in [6.45, 7) is -1.78. The molecular weight excluding hydrogens is 297 g/mol. The van der Waals surface area contributed by atoms with Crippen LogP contribution in [0.25, 0.3) is 0 Å². The molecule has 2 rings (SSSR count). The van der Waals surface area contributed by atoms with Crippen molar-refractivity contribution in [1.82, 2.24) is 10.3 Å². The first-order valence-electron chi connectivity index (χ1n) is 7.03. The van der Waals surface area contributed by atoms with Crippen molar-refractivity contribution < 1.29 is 29.4 Å². The number of ether oxygens (including phenoxy) is 1. The van der Waals surface area contributed by atoms with Crippen LogP contribution in [0.2, 0.25) is 0 Å². The van der Waals surface area contributed by atoms with Crippen molar-refractivity contribution in [2.75, 3.05) is 18.4 Å². The van der Waals surface area contributed by atoms with E-state index in [9.17, 15) is 22.0 Å². The van der Waals surface area contributed by atoms with E-state index in [4.69, 9.17) is 2.74 Å². The third-order valence-corrected chi connectivity index (χ3v) is 2.90.